The van der Waals surface area contributed by atoms with E-state index in [0.29, 0.717) is 24.0 Å². The molecular weight excluding hydrogens is 400 g/mol. The number of unbranched alkanes of at least 4 members (excludes halogenated alkanes) is 2. The lowest BCUT2D eigenvalue weighted by Crippen LogP contribution is -2.17. The smallest absolute Gasteiger partial charge is 0.337 e. The molecule has 166 valence electrons. The minimum Gasteiger partial charge on any atom is -0.478 e. The fourth-order valence-corrected chi connectivity index (χ4v) is 4.39. The number of hydrogen-bond donors (Lipinski definition) is 2. The van der Waals surface area contributed by atoms with Crippen LogP contribution in [0.25, 0.3) is 22.3 Å². The average Bonchev–Trinajstić information content (AvgIpc) is 2.81. The summed E-state index contributed by atoms with van der Waals surface area (Å²) in [6.07, 6.45) is 5.15. The van der Waals surface area contributed by atoms with Crippen molar-refractivity contribution in [2.45, 2.75) is 52.4 Å². The molecule has 0 atom stereocenters. The molecule has 2 N–H and O–H groups in total. The summed E-state index contributed by atoms with van der Waals surface area (Å²) in [5, 5.41) is 20.6. The third-order valence-electron chi connectivity index (χ3n) is 5.83. The molecule has 3 rings (SSSR count). The lowest BCUT2D eigenvalue weighted by molar-refractivity contribution is 0.0652. The molecule has 0 saturated heterocycles. The highest BCUT2D eigenvalue weighted by atomic mass is 16.4. The minimum absolute atomic E-state index is 0.117. The van der Waals surface area contributed by atoms with Gasteiger partial charge in [-0.2, -0.15) is 0 Å². The molecule has 0 fully saturated rings. The van der Waals surface area contributed by atoms with E-state index in [1.807, 2.05) is 60.7 Å². The van der Waals surface area contributed by atoms with Crippen molar-refractivity contribution in [3.8, 4) is 22.3 Å². The molecule has 0 amide bonds. The van der Waals surface area contributed by atoms with Gasteiger partial charge in [0.15, 0.2) is 0 Å². The van der Waals surface area contributed by atoms with Crippen molar-refractivity contribution >= 4 is 11.9 Å². The van der Waals surface area contributed by atoms with Gasteiger partial charge in [0, 0.05) is 11.1 Å². The van der Waals surface area contributed by atoms with Gasteiger partial charge in [-0.15, -0.1) is 0 Å². The van der Waals surface area contributed by atoms with Crippen LogP contribution in [-0.2, 0) is 12.8 Å². The van der Waals surface area contributed by atoms with Gasteiger partial charge in [0.2, 0.25) is 0 Å². The van der Waals surface area contributed by atoms with Crippen LogP contribution in [0.3, 0.4) is 0 Å². The third-order valence-corrected chi connectivity index (χ3v) is 5.83. The number of aromatic carboxylic acids is 2. The molecule has 3 aromatic rings. The van der Waals surface area contributed by atoms with E-state index in [4.69, 9.17) is 0 Å². The van der Waals surface area contributed by atoms with Crippen molar-refractivity contribution in [2.75, 3.05) is 0 Å². The van der Waals surface area contributed by atoms with Gasteiger partial charge in [-0.25, -0.2) is 9.59 Å². The van der Waals surface area contributed by atoms with Gasteiger partial charge in [0.1, 0.15) is 0 Å². The molecular formula is C28H30O4. The molecule has 0 aliphatic rings. The van der Waals surface area contributed by atoms with Gasteiger partial charge in [-0.3, -0.25) is 0 Å². The Morgan fingerprint density at radius 1 is 0.625 bits per heavy atom. The Kier molecular flexibility index (Phi) is 7.82. The highest BCUT2D eigenvalue weighted by molar-refractivity contribution is 6.12. The number of carboxylic acid groups (broad SMARTS) is 2. The molecule has 0 aliphatic carbocycles. The van der Waals surface area contributed by atoms with Crippen molar-refractivity contribution in [3.63, 3.8) is 0 Å². The van der Waals surface area contributed by atoms with E-state index in [-0.39, 0.29) is 11.1 Å². The zero-order chi connectivity index (χ0) is 23.1. The zero-order valence-corrected chi connectivity index (χ0v) is 18.7. The van der Waals surface area contributed by atoms with E-state index >= 15 is 0 Å². The maximum atomic E-state index is 12.6. The second-order valence-corrected chi connectivity index (χ2v) is 8.01. The summed E-state index contributed by atoms with van der Waals surface area (Å²) < 4.78 is 0. The van der Waals surface area contributed by atoms with Crippen LogP contribution < -0.4 is 0 Å². The van der Waals surface area contributed by atoms with Crippen LogP contribution in [0, 0.1) is 0 Å². The molecule has 0 saturated carbocycles. The molecule has 0 aliphatic heterocycles. The molecule has 0 bridgehead atoms. The van der Waals surface area contributed by atoms with Crippen molar-refractivity contribution in [1.82, 2.24) is 0 Å². The monoisotopic (exact) mass is 430 g/mol. The highest BCUT2D eigenvalue weighted by Gasteiger charge is 2.31. The fraction of sp³-hybridized carbons (Fsp3) is 0.286. The number of benzene rings is 3. The van der Waals surface area contributed by atoms with E-state index in [1.54, 1.807) is 0 Å². The lowest BCUT2D eigenvalue weighted by Gasteiger charge is -2.24. The van der Waals surface area contributed by atoms with Crippen LogP contribution in [0.2, 0.25) is 0 Å². The Hall–Kier alpha value is -3.40. The van der Waals surface area contributed by atoms with E-state index in [0.717, 1.165) is 47.9 Å². The predicted octanol–water partition coefficient (Wildman–Crippen LogP) is 7.10. The molecule has 0 unspecified atom stereocenters. The molecule has 32 heavy (non-hydrogen) atoms. The maximum Gasteiger partial charge on any atom is 0.337 e. The topological polar surface area (TPSA) is 74.6 Å². The van der Waals surface area contributed by atoms with Gasteiger partial charge >= 0.3 is 11.9 Å². The number of rotatable bonds is 10. The average molecular weight is 431 g/mol. The van der Waals surface area contributed by atoms with Crippen molar-refractivity contribution in [1.29, 1.82) is 0 Å². The standard InChI is InChI=1S/C28H30O4/c1-3-5-17-21-22(18-6-4-2)24(20-15-11-8-12-16-20)26(28(31)32)25(27(29)30)23(21)19-13-9-7-10-14-19/h7-16H,3-6,17-18H2,1-2H3,(H,29,30)(H,31,32). The first-order valence-electron chi connectivity index (χ1n) is 11.3. The molecule has 0 spiro atoms. The summed E-state index contributed by atoms with van der Waals surface area (Å²) in [5.74, 6) is -2.42. The number of hydrogen-bond acceptors (Lipinski definition) is 2. The van der Waals surface area contributed by atoms with Crippen LogP contribution in [0.1, 0.15) is 71.4 Å². The summed E-state index contributed by atoms with van der Waals surface area (Å²) in [4.78, 5) is 25.2. The Morgan fingerprint density at radius 2 is 0.969 bits per heavy atom. The first kappa shape index (κ1) is 23.3. The molecule has 4 nitrogen and oxygen atoms in total. The third kappa shape index (κ3) is 4.75. The van der Waals surface area contributed by atoms with Crippen LogP contribution in [0.5, 0.6) is 0 Å². The van der Waals surface area contributed by atoms with Crippen molar-refractivity contribution in [2.24, 2.45) is 0 Å². The molecule has 0 aromatic heterocycles. The summed E-state index contributed by atoms with van der Waals surface area (Å²) in [6.45, 7) is 4.21. The summed E-state index contributed by atoms with van der Waals surface area (Å²) in [5.41, 5.74) is 4.29. The van der Waals surface area contributed by atoms with Gasteiger partial charge in [-0.1, -0.05) is 87.4 Å². The Balaban J connectivity index is 2.55. The lowest BCUT2D eigenvalue weighted by atomic mass is 9.78. The van der Waals surface area contributed by atoms with E-state index in [9.17, 15) is 19.8 Å². The van der Waals surface area contributed by atoms with Crippen LogP contribution >= 0.6 is 0 Å². The summed E-state index contributed by atoms with van der Waals surface area (Å²) >= 11 is 0. The summed E-state index contributed by atoms with van der Waals surface area (Å²) in [6, 6.07) is 18.7. The first-order valence-corrected chi connectivity index (χ1v) is 11.3. The molecule has 4 heteroatoms. The number of carboxylic acids is 2. The second-order valence-electron chi connectivity index (χ2n) is 8.01. The maximum absolute atomic E-state index is 12.6. The van der Waals surface area contributed by atoms with Gasteiger partial charge in [0.05, 0.1) is 11.1 Å². The van der Waals surface area contributed by atoms with Crippen molar-refractivity contribution < 1.29 is 19.8 Å². The Labute approximate surface area is 189 Å². The SMILES string of the molecule is CCCCc1c(CCCC)c(-c2ccccc2)c(C(=O)O)c(C(=O)O)c1-c1ccccc1. The zero-order valence-electron chi connectivity index (χ0n) is 18.7. The molecule has 0 heterocycles. The fourth-order valence-electron chi connectivity index (χ4n) is 4.39. The molecule has 0 radical (unpaired) electrons. The van der Waals surface area contributed by atoms with Crippen LogP contribution in [0.15, 0.2) is 60.7 Å². The van der Waals surface area contributed by atoms with E-state index in [1.165, 1.54) is 0 Å². The first-order chi connectivity index (χ1) is 15.5. The van der Waals surface area contributed by atoms with Gasteiger partial charge in [-0.05, 0) is 47.9 Å². The predicted molar refractivity (Wildman–Crippen MR) is 128 cm³/mol. The minimum atomic E-state index is -1.21. The number of carbonyl (C=O) groups is 2. The van der Waals surface area contributed by atoms with Crippen molar-refractivity contribution in [3.05, 3.63) is 82.9 Å². The summed E-state index contributed by atoms with van der Waals surface area (Å²) in [7, 11) is 0. The quantitative estimate of drug-likeness (QED) is 0.360. The highest BCUT2D eigenvalue weighted by Crippen LogP contribution is 2.42. The van der Waals surface area contributed by atoms with Crippen LogP contribution in [0.4, 0.5) is 0 Å². The largest absolute Gasteiger partial charge is 0.478 e. The normalized spacial score (nSPS) is 10.8. The molecule has 3 aromatic carbocycles. The van der Waals surface area contributed by atoms with Gasteiger partial charge < -0.3 is 10.2 Å². The van der Waals surface area contributed by atoms with Crippen LogP contribution in [-0.4, -0.2) is 22.2 Å². The Morgan fingerprint density at radius 3 is 1.25 bits per heavy atom. The Bertz CT molecular complexity index is 997. The van der Waals surface area contributed by atoms with E-state index < -0.39 is 11.9 Å². The van der Waals surface area contributed by atoms with Gasteiger partial charge in [0.25, 0.3) is 0 Å². The second kappa shape index (κ2) is 10.8. The van der Waals surface area contributed by atoms with E-state index in [2.05, 4.69) is 13.8 Å².